The molecule has 126 valence electrons. The van der Waals surface area contributed by atoms with Gasteiger partial charge in [-0.1, -0.05) is 51.1 Å². The highest BCUT2D eigenvalue weighted by Gasteiger charge is 2.30. The van der Waals surface area contributed by atoms with Crippen molar-refractivity contribution in [2.24, 2.45) is 5.41 Å². The van der Waals surface area contributed by atoms with Crippen molar-refractivity contribution >= 4 is 11.8 Å². The molecule has 1 aliphatic rings. The molecule has 0 saturated carbocycles. The van der Waals surface area contributed by atoms with E-state index in [2.05, 4.69) is 5.32 Å². The number of amides is 2. The van der Waals surface area contributed by atoms with Gasteiger partial charge in [-0.2, -0.15) is 0 Å². The predicted molar refractivity (Wildman–Crippen MR) is 92.0 cm³/mol. The van der Waals surface area contributed by atoms with E-state index in [-0.39, 0.29) is 11.8 Å². The summed E-state index contributed by atoms with van der Waals surface area (Å²) in [5, 5.41) is 2.97. The van der Waals surface area contributed by atoms with Crippen LogP contribution in [0.25, 0.3) is 0 Å². The Morgan fingerprint density at radius 3 is 2.26 bits per heavy atom. The van der Waals surface area contributed by atoms with Crippen LogP contribution in [0, 0.1) is 5.41 Å². The summed E-state index contributed by atoms with van der Waals surface area (Å²) in [5.41, 5.74) is 0.564. The monoisotopic (exact) mass is 316 g/mol. The van der Waals surface area contributed by atoms with E-state index in [0.29, 0.717) is 6.42 Å². The lowest BCUT2D eigenvalue weighted by Crippen LogP contribution is -2.53. The SMILES string of the molecule is CC(C)(C)C(=O)N[C@@H](Cc1ccccc1)C(=O)N1CCCCC1. The van der Waals surface area contributed by atoms with E-state index in [1.54, 1.807) is 0 Å². The van der Waals surface area contributed by atoms with Gasteiger partial charge in [-0.05, 0) is 24.8 Å². The average molecular weight is 316 g/mol. The second-order valence-corrected chi connectivity index (χ2v) is 7.35. The zero-order valence-electron chi connectivity index (χ0n) is 14.5. The minimum Gasteiger partial charge on any atom is -0.344 e. The molecule has 1 N–H and O–H groups in total. The summed E-state index contributed by atoms with van der Waals surface area (Å²) in [5.74, 6) is -0.0325. The first-order valence-corrected chi connectivity index (χ1v) is 8.51. The summed E-state index contributed by atoms with van der Waals surface area (Å²) in [6, 6.07) is 9.40. The van der Waals surface area contributed by atoms with Crippen LogP contribution in [0.2, 0.25) is 0 Å². The topological polar surface area (TPSA) is 49.4 Å². The Labute approximate surface area is 139 Å². The van der Waals surface area contributed by atoms with Gasteiger partial charge in [0.25, 0.3) is 0 Å². The van der Waals surface area contributed by atoms with Gasteiger partial charge in [-0.15, -0.1) is 0 Å². The van der Waals surface area contributed by atoms with Gasteiger partial charge in [0, 0.05) is 24.9 Å². The lowest BCUT2D eigenvalue weighted by molar-refractivity contribution is -0.139. The van der Waals surface area contributed by atoms with Gasteiger partial charge in [0.05, 0.1) is 0 Å². The first-order chi connectivity index (χ1) is 10.9. The van der Waals surface area contributed by atoms with Crippen LogP contribution in [0.1, 0.15) is 45.6 Å². The molecule has 0 spiro atoms. The zero-order valence-corrected chi connectivity index (χ0v) is 14.5. The Bertz CT molecular complexity index is 528. The molecule has 2 amide bonds. The minimum absolute atomic E-state index is 0.0474. The van der Waals surface area contributed by atoms with Crippen LogP contribution in [0.3, 0.4) is 0 Å². The maximum atomic E-state index is 12.9. The zero-order chi connectivity index (χ0) is 16.9. The summed E-state index contributed by atoms with van der Waals surface area (Å²) < 4.78 is 0. The molecule has 0 bridgehead atoms. The summed E-state index contributed by atoms with van der Waals surface area (Å²) in [6.45, 7) is 7.21. The van der Waals surface area contributed by atoms with E-state index in [4.69, 9.17) is 0 Å². The largest absolute Gasteiger partial charge is 0.344 e. The third-order valence-corrected chi connectivity index (χ3v) is 4.23. The Morgan fingerprint density at radius 1 is 1.09 bits per heavy atom. The molecule has 0 radical (unpaired) electrons. The Balaban J connectivity index is 2.12. The van der Waals surface area contributed by atoms with Gasteiger partial charge in [-0.25, -0.2) is 0 Å². The summed E-state index contributed by atoms with van der Waals surface area (Å²) in [4.78, 5) is 27.1. The fourth-order valence-electron chi connectivity index (χ4n) is 2.76. The molecule has 0 aromatic heterocycles. The number of hydrogen-bond donors (Lipinski definition) is 1. The van der Waals surface area contributed by atoms with Gasteiger partial charge >= 0.3 is 0 Å². The van der Waals surface area contributed by atoms with Crippen LogP contribution in [-0.4, -0.2) is 35.8 Å². The van der Waals surface area contributed by atoms with E-state index in [1.165, 1.54) is 6.42 Å². The Morgan fingerprint density at radius 2 is 1.70 bits per heavy atom. The fraction of sp³-hybridized carbons (Fsp3) is 0.579. The lowest BCUT2D eigenvalue weighted by Gasteiger charge is -2.32. The number of rotatable bonds is 4. The summed E-state index contributed by atoms with van der Waals surface area (Å²) >= 11 is 0. The number of benzene rings is 1. The second-order valence-electron chi connectivity index (χ2n) is 7.35. The van der Waals surface area contributed by atoms with E-state index in [0.717, 1.165) is 31.5 Å². The van der Waals surface area contributed by atoms with Crippen molar-refractivity contribution in [1.82, 2.24) is 10.2 Å². The predicted octanol–water partition coefficient (Wildman–Crippen LogP) is 2.77. The lowest BCUT2D eigenvalue weighted by atomic mass is 9.94. The quantitative estimate of drug-likeness (QED) is 0.928. The number of nitrogens with zero attached hydrogens (tertiary/aromatic N) is 1. The van der Waals surface area contributed by atoms with Crippen molar-refractivity contribution in [3.63, 3.8) is 0 Å². The van der Waals surface area contributed by atoms with Crippen molar-refractivity contribution in [3.8, 4) is 0 Å². The highest BCUT2D eigenvalue weighted by atomic mass is 16.2. The van der Waals surface area contributed by atoms with Crippen LogP contribution in [0.5, 0.6) is 0 Å². The molecule has 0 aliphatic carbocycles. The van der Waals surface area contributed by atoms with E-state index in [1.807, 2.05) is 56.0 Å². The molecule has 1 heterocycles. The number of carbonyl (C=O) groups excluding carboxylic acids is 2. The summed E-state index contributed by atoms with van der Waals surface area (Å²) in [6.07, 6.45) is 3.83. The molecular formula is C19H28N2O2. The molecule has 1 aliphatic heterocycles. The number of nitrogens with one attached hydrogen (secondary N) is 1. The Hall–Kier alpha value is -1.84. The van der Waals surface area contributed by atoms with Gasteiger partial charge in [-0.3, -0.25) is 9.59 Å². The molecule has 1 saturated heterocycles. The number of carbonyl (C=O) groups is 2. The van der Waals surface area contributed by atoms with Crippen LogP contribution < -0.4 is 5.32 Å². The van der Waals surface area contributed by atoms with Crippen LogP contribution >= 0.6 is 0 Å². The van der Waals surface area contributed by atoms with E-state index >= 15 is 0 Å². The average Bonchev–Trinajstić information content (AvgIpc) is 2.54. The van der Waals surface area contributed by atoms with Crippen molar-refractivity contribution < 1.29 is 9.59 Å². The Kier molecular flexibility index (Phi) is 5.80. The highest BCUT2D eigenvalue weighted by molar-refractivity contribution is 5.89. The third-order valence-electron chi connectivity index (χ3n) is 4.23. The first-order valence-electron chi connectivity index (χ1n) is 8.51. The minimum atomic E-state index is -0.503. The second kappa shape index (κ2) is 7.62. The smallest absolute Gasteiger partial charge is 0.245 e. The number of hydrogen-bond acceptors (Lipinski definition) is 2. The molecule has 1 fully saturated rings. The highest BCUT2D eigenvalue weighted by Crippen LogP contribution is 2.16. The maximum absolute atomic E-state index is 12.9. The third kappa shape index (κ3) is 5.08. The normalized spacial score (nSPS) is 16.7. The van der Waals surface area contributed by atoms with Crippen LogP contribution in [0.4, 0.5) is 0 Å². The fourth-order valence-corrected chi connectivity index (χ4v) is 2.76. The molecule has 1 aromatic rings. The standard InChI is InChI=1S/C19H28N2O2/c1-19(2,3)18(23)20-16(14-15-10-6-4-7-11-15)17(22)21-12-8-5-9-13-21/h4,6-7,10-11,16H,5,8-9,12-14H2,1-3H3,(H,20,23)/t16-/m0/s1. The van der Waals surface area contributed by atoms with Gasteiger partial charge in [0.1, 0.15) is 6.04 Å². The molecule has 4 nitrogen and oxygen atoms in total. The molecule has 2 rings (SSSR count). The van der Waals surface area contributed by atoms with Gasteiger partial charge in [0.15, 0.2) is 0 Å². The molecule has 4 heteroatoms. The van der Waals surface area contributed by atoms with Gasteiger partial charge in [0.2, 0.25) is 11.8 Å². The molecular weight excluding hydrogens is 288 g/mol. The van der Waals surface area contributed by atoms with Crippen molar-refractivity contribution in [2.45, 2.75) is 52.5 Å². The molecule has 0 unspecified atom stereocenters. The van der Waals surface area contributed by atoms with Crippen LogP contribution in [-0.2, 0) is 16.0 Å². The van der Waals surface area contributed by atoms with Crippen LogP contribution in [0.15, 0.2) is 30.3 Å². The van der Waals surface area contributed by atoms with Crippen molar-refractivity contribution in [1.29, 1.82) is 0 Å². The number of likely N-dealkylation sites (tertiary alicyclic amines) is 1. The van der Waals surface area contributed by atoms with E-state index in [9.17, 15) is 9.59 Å². The molecule has 23 heavy (non-hydrogen) atoms. The van der Waals surface area contributed by atoms with Crippen molar-refractivity contribution in [2.75, 3.05) is 13.1 Å². The van der Waals surface area contributed by atoms with Gasteiger partial charge < -0.3 is 10.2 Å². The first kappa shape index (κ1) is 17.5. The summed E-state index contributed by atoms with van der Waals surface area (Å²) in [7, 11) is 0. The van der Waals surface area contributed by atoms with E-state index < -0.39 is 11.5 Å². The molecule has 1 atom stereocenters. The van der Waals surface area contributed by atoms with Crippen molar-refractivity contribution in [3.05, 3.63) is 35.9 Å². The maximum Gasteiger partial charge on any atom is 0.245 e. The molecule has 1 aromatic carbocycles. The number of piperidine rings is 1.